The SMILES string of the molecule is Cc1cccc(OCC(=O)Nc2c3c(nn2-c2nc4ccccc4s2)CCC3)c1. The Balaban J connectivity index is 1.41. The van der Waals surface area contributed by atoms with Crippen LogP contribution in [0.1, 0.15) is 23.2 Å². The molecule has 0 radical (unpaired) electrons. The number of benzene rings is 2. The zero-order chi connectivity index (χ0) is 19.8. The predicted octanol–water partition coefficient (Wildman–Crippen LogP) is 4.30. The van der Waals surface area contributed by atoms with E-state index in [4.69, 9.17) is 14.8 Å². The van der Waals surface area contributed by atoms with Gasteiger partial charge in [-0.3, -0.25) is 4.79 Å². The number of aromatic nitrogens is 3. The van der Waals surface area contributed by atoms with E-state index < -0.39 is 0 Å². The van der Waals surface area contributed by atoms with Crippen molar-refractivity contribution in [3.63, 3.8) is 0 Å². The lowest BCUT2D eigenvalue weighted by molar-refractivity contribution is -0.118. The Hall–Kier alpha value is -3.19. The number of thiazole rings is 1. The van der Waals surface area contributed by atoms with Crippen molar-refractivity contribution in [3.05, 3.63) is 65.4 Å². The summed E-state index contributed by atoms with van der Waals surface area (Å²) in [5.74, 6) is 1.20. The van der Waals surface area contributed by atoms with Gasteiger partial charge in [0.25, 0.3) is 5.91 Å². The number of nitrogens with zero attached hydrogens (tertiary/aromatic N) is 3. The lowest BCUT2D eigenvalue weighted by atomic mass is 10.2. The quantitative estimate of drug-likeness (QED) is 0.539. The second kappa shape index (κ2) is 7.33. The van der Waals surface area contributed by atoms with Gasteiger partial charge in [-0.2, -0.15) is 9.78 Å². The van der Waals surface area contributed by atoms with Crippen LogP contribution in [-0.2, 0) is 17.6 Å². The number of aryl methyl sites for hydroxylation is 2. The fourth-order valence-electron chi connectivity index (χ4n) is 3.63. The Labute approximate surface area is 172 Å². The molecule has 0 bridgehead atoms. The average Bonchev–Trinajstić information content (AvgIpc) is 3.41. The molecule has 2 aromatic heterocycles. The number of fused-ring (bicyclic) bond motifs is 2. The lowest BCUT2D eigenvalue weighted by Gasteiger charge is -2.10. The molecule has 0 atom stereocenters. The molecule has 1 N–H and O–H groups in total. The van der Waals surface area contributed by atoms with Crippen molar-refractivity contribution in [2.45, 2.75) is 26.2 Å². The highest BCUT2D eigenvalue weighted by atomic mass is 32.1. The first kappa shape index (κ1) is 17.9. The number of para-hydroxylation sites is 1. The van der Waals surface area contributed by atoms with Gasteiger partial charge in [-0.1, -0.05) is 35.6 Å². The Bertz CT molecular complexity index is 1180. The summed E-state index contributed by atoms with van der Waals surface area (Å²) in [5, 5.41) is 8.53. The van der Waals surface area contributed by atoms with Gasteiger partial charge < -0.3 is 10.1 Å². The number of amides is 1. The van der Waals surface area contributed by atoms with E-state index in [0.717, 1.165) is 57.2 Å². The molecule has 0 fully saturated rings. The maximum absolute atomic E-state index is 12.6. The van der Waals surface area contributed by atoms with Crippen molar-refractivity contribution >= 4 is 33.3 Å². The molecule has 0 unspecified atom stereocenters. The normalized spacial score (nSPS) is 12.9. The maximum Gasteiger partial charge on any atom is 0.263 e. The zero-order valence-electron chi connectivity index (χ0n) is 16.0. The van der Waals surface area contributed by atoms with Gasteiger partial charge in [-0.15, -0.1) is 0 Å². The minimum Gasteiger partial charge on any atom is -0.484 e. The second-order valence-electron chi connectivity index (χ2n) is 7.16. The summed E-state index contributed by atoms with van der Waals surface area (Å²) in [6.07, 6.45) is 2.89. The number of rotatable bonds is 5. The van der Waals surface area contributed by atoms with E-state index in [-0.39, 0.29) is 12.5 Å². The molecule has 0 saturated heterocycles. The summed E-state index contributed by atoms with van der Waals surface area (Å²) in [7, 11) is 0. The third kappa shape index (κ3) is 3.49. The maximum atomic E-state index is 12.6. The molecular formula is C22H20N4O2S. The van der Waals surface area contributed by atoms with Crippen LogP contribution in [0.5, 0.6) is 5.75 Å². The fourth-order valence-corrected chi connectivity index (χ4v) is 4.56. The number of carbonyl (C=O) groups is 1. The van der Waals surface area contributed by atoms with Crippen LogP contribution < -0.4 is 10.1 Å². The van der Waals surface area contributed by atoms with E-state index in [1.54, 1.807) is 16.0 Å². The summed E-state index contributed by atoms with van der Waals surface area (Å²) in [4.78, 5) is 17.3. The van der Waals surface area contributed by atoms with Gasteiger partial charge in [0.15, 0.2) is 6.61 Å². The topological polar surface area (TPSA) is 69.0 Å². The number of hydrogen-bond acceptors (Lipinski definition) is 5. The Morgan fingerprint density at radius 1 is 1.21 bits per heavy atom. The lowest BCUT2D eigenvalue weighted by Crippen LogP contribution is -2.22. The minimum atomic E-state index is -0.205. The van der Waals surface area contributed by atoms with E-state index in [2.05, 4.69) is 5.32 Å². The van der Waals surface area contributed by atoms with E-state index in [9.17, 15) is 4.79 Å². The molecular weight excluding hydrogens is 384 g/mol. The highest BCUT2D eigenvalue weighted by Gasteiger charge is 2.25. The Kier molecular flexibility index (Phi) is 4.52. The van der Waals surface area contributed by atoms with Crippen molar-refractivity contribution in [2.75, 3.05) is 11.9 Å². The molecule has 6 nitrogen and oxygen atoms in total. The summed E-state index contributed by atoms with van der Waals surface area (Å²) >= 11 is 1.57. The van der Waals surface area contributed by atoms with Crippen LogP contribution in [0.2, 0.25) is 0 Å². The average molecular weight is 404 g/mol. The molecule has 2 aromatic carbocycles. The van der Waals surface area contributed by atoms with E-state index >= 15 is 0 Å². The van der Waals surface area contributed by atoms with Gasteiger partial charge in [0, 0.05) is 5.56 Å². The first-order valence-corrected chi connectivity index (χ1v) is 10.4. The first-order chi connectivity index (χ1) is 14.2. The minimum absolute atomic E-state index is 0.0523. The molecule has 146 valence electrons. The number of ether oxygens (including phenoxy) is 1. The Morgan fingerprint density at radius 3 is 2.97 bits per heavy atom. The predicted molar refractivity (Wildman–Crippen MR) is 114 cm³/mol. The van der Waals surface area contributed by atoms with Gasteiger partial charge in [0.05, 0.1) is 15.9 Å². The molecule has 1 aliphatic rings. The second-order valence-corrected chi connectivity index (χ2v) is 8.17. The summed E-state index contributed by atoms with van der Waals surface area (Å²) in [5.41, 5.74) is 4.17. The van der Waals surface area contributed by atoms with E-state index in [1.807, 2.05) is 55.5 Å². The van der Waals surface area contributed by atoms with Gasteiger partial charge in [0.2, 0.25) is 5.13 Å². The fraction of sp³-hybridized carbons (Fsp3) is 0.227. The van der Waals surface area contributed by atoms with Crippen LogP contribution in [0.15, 0.2) is 48.5 Å². The summed E-state index contributed by atoms with van der Waals surface area (Å²) < 4.78 is 8.53. The van der Waals surface area contributed by atoms with Crippen molar-refractivity contribution in [3.8, 4) is 10.9 Å². The summed E-state index contributed by atoms with van der Waals surface area (Å²) in [6.45, 7) is 1.94. The monoisotopic (exact) mass is 404 g/mol. The molecule has 1 amide bonds. The number of nitrogens with one attached hydrogen (secondary N) is 1. The highest BCUT2D eigenvalue weighted by molar-refractivity contribution is 7.20. The van der Waals surface area contributed by atoms with Crippen molar-refractivity contribution in [1.82, 2.24) is 14.8 Å². The van der Waals surface area contributed by atoms with Crippen LogP contribution in [0.4, 0.5) is 5.82 Å². The van der Waals surface area contributed by atoms with Gasteiger partial charge in [0.1, 0.15) is 11.6 Å². The molecule has 7 heteroatoms. The Morgan fingerprint density at radius 2 is 2.10 bits per heavy atom. The van der Waals surface area contributed by atoms with Crippen molar-refractivity contribution < 1.29 is 9.53 Å². The highest BCUT2D eigenvalue weighted by Crippen LogP contribution is 2.33. The van der Waals surface area contributed by atoms with Gasteiger partial charge in [-0.05, 0) is 56.0 Å². The van der Waals surface area contributed by atoms with Crippen LogP contribution in [-0.4, -0.2) is 27.3 Å². The third-order valence-electron chi connectivity index (χ3n) is 4.99. The number of carbonyl (C=O) groups excluding carboxylic acids is 1. The van der Waals surface area contributed by atoms with Crippen LogP contribution >= 0.6 is 11.3 Å². The molecule has 1 aliphatic carbocycles. The first-order valence-electron chi connectivity index (χ1n) is 9.63. The number of anilines is 1. The van der Waals surface area contributed by atoms with E-state index in [1.165, 1.54) is 0 Å². The molecule has 5 rings (SSSR count). The molecule has 2 heterocycles. The molecule has 0 spiro atoms. The molecule has 4 aromatic rings. The molecule has 0 aliphatic heterocycles. The van der Waals surface area contributed by atoms with Crippen LogP contribution in [0, 0.1) is 6.92 Å². The van der Waals surface area contributed by atoms with Crippen molar-refractivity contribution in [2.24, 2.45) is 0 Å². The third-order valence-corrected chi connectivity index (χ3v) is 6.00. The smallest absolute Gasteiger partial charge is 0.263 e. The summed E-state index contributed by atoms with van der Waals surface area (Å²) in [6, 6.07) is 15.7. The van der Waals surface area contributed by atoms with Crippen molar-refractivity contribution in [1.29, 1.82) is 0 Å². The molecule has 29 heavy (non-hydrogen) atoms. The standard InChI is InChI=1S/C22H20N4O2S/c1-14-6-4-7-15(12-14)28-13-20(27)24-21-16-8-5-10-17(16)25-26(21)22-23-18-9-2-3-11-19(18)29-22/h2-4,6-7,9,11-12H,5,8,10,13H2,1H3,(H,24,27). The van der Waals surface area contributed by atoms with Crippen LogP contribution in [0.3, 0.4) is 0 Å². The van der Waals surface area contributed by atoms with Gasteiger partial charge in [-0.25, -0.2) is 4.98 Å². The van der Waals surface area contributed by atoms with E-state index in [0.29, 0.717) is 5.75 Å². The van der Waals surface area contributed by atoms with Crippen LogP contribution in [0.25, 0.3) is 15.3 Å². The zero-order valence-corrected chi connectivity index (χ0v) is 16.8. The largest absolute Gasteiger partial charge is 0.484 e. The number of hydrogen-bond donors (Lipinski definition) is 1. The molecule has 0 saturated carbocycles. The van der Waals surface area contributed by atoms with Gasteiger partial charge >= 0.3 is 0 Å².